The van der Waals surface area contributed by atoms with Gasteiger partial charge in [-0.3, -0.25) is 14.9 Å². The Morgan fingerprint density at radius 2 is 2.32 bits per heavy atom. The number of nitro groups is 1. The van der Waals surface area contributed by atoms with E-state index in [0.717, 1.165) is 17.9 Å². The number of non-ortho nitro benzene ring substituents is 1. The standard InChI is InChI=1S/C12H13BrN2O3S/c1-14(9-4-5-19-7-9)12(16)10-6-8(15(17)18)2-3-11(10)13/h2-3,6,9H,4-5,7H2,1H3. The molecule has 1 heterocycles. The minimum atomic E-state index is -0.491. The van der Waals surface area contributed by atoms with Crippen LogP contribution in [0.5, 0.6) is 0 Å². The summed E-state index contributed by atoms with van der Waals surface area (Å²) in [5.74, 6) is 1.80. The van der Waals surface area contributed by atoms with E-state index in [1.54, 1.807) is 18.0 Å². The minimum Gasteiger partial charge on any atom is -0.338 e. The third kappa shape index (κ3) is 3.09. The van der Waals surface area contributed by atoms with Crippen molar-refractivity contribution >= 4 is 39.3 Å². The van der Waals surface area contributed by atoms with E-state index in [1.165, 1.54) is 12.1 Å². The van der Waals surface area contributed by atoms with Gasteiger partial charge in [0.05, 0.1) is 10.5 Å². The summed E-state index contributed by atoms with van der Waals surface area (Å²) < 4.78 is 0.584. The molecule has 0 bridgehead atoms. The van der Waals surface area contributed by atoms with Gasteiger partial charge in [0.1, 0.15) is 0 Å². The Hall–Kier alpha value is -1.08. The number of hydrogen-bond donors (Lipinski definition) is 0. The summed E-state index contributed by atoms with van der Waals surface area (Å²) in [5.41, 5.74) is 0.273. The van der Waals surface area contributed by atoms with E-state index in [2.05, 4.69) is 15.9 Å². The second-order valence-corrected chi connectivity index (χ2v) is 6.36. The monoisotopic (exact) mass is 344 g/mol. The molecule has 5 nitrogen and oxygen atoms in total. The molecule has 0 N–H and O–H groups in total. The van der Waals surface area contributed by atoms with Gasteiger partial charge in [0.15, 0.2) is 0 Å². The van der Waals surface area contributed by atoms with Gasteiger partial charge in [0, 0.05) is 35.4 Å². The van der Waals surface area contributed by atoms with Crippen LogP contribution in [-0.2, 0) is 0 Å². The van der Waals surface area contributed by atoms with Gasteiger partial charge in [-0.15, -0.1) is 0 Å². The highest BCUT2D eigenvalue weighted by Gasteiger charge is 2.26. The fourth-order valence-corrected chi connectivity index (χ4v) is 3.66. The van der Waals surface area contributed by atoms with Crippen molar-refractivity contribution < 1.29 is 9.72 Å². The lowest BCUT2D eigenvalue weighted by Crippen LogP contribution is -2.37. The molecule has 0 aliphatic carbocycles. The molecular weight excluding hydrogens is 332 g/mol. The Morgan fingerprint density at radius 3 is 2.89 bits per heavy atom. The fraction of sp³-hybridized carbons (Fsp3) is 0.417. The molecule has 1 aliphatic heterocycles. The molecule has 1 unspecified atom stereocenters. The van der Waals surface area contributed by atoms with Gasteiger partial charge in [-0.25, -0.2) is 0 Å². The van der Waals surface area contributed by atoms with E-state index in [1.807, 2.05) is 11.8 Å². The first kappa shape index (κ1) is 14.3. The molecule has 1 aromatic rings. The van der Waals surface area contributed by atoms with Crippen LogP contribution in [0.1, 0.15) is 16.8 Å². The van der Waals surface area contributed by atoms with Crippen molar-refractivity contribution in [2.45, 2.75) is 12.5 Å². The van der Waals surface area contributed by atoms with Gasteiger partial charge in [0.25, 0.3) is 11.6 Å². The minimum absolute atomic E-state index is 0.0688. The molecule has 7 heteroatoms. The van der Waals surface area contributed by atoms with E-state index in [9.17, 15) is 14.9 Å². The second kappa shape index (κ2) is 5.92. The van der Waals surface area contributed by atoms with Crippen molar-refractivity contribution in [3.63, 3.8) is 0 Å². The maximum atomic E-state index is 12.4. The number of amides is 1. The normalized spacial score (nSPS) is 18.3. The van der Waals surface area contributed by atoms with E-state index < -0.39 is 4.92 Å². The number of thioether (sulfide) groups is 1. The molecule has 0 spiro atoms. The SMILES string of the molecule is CN(C(=O)c1cc([N+](=O)[O-])ccc1Br)C1CCSC1. The predicted octanol–water partition coefficient (Wildman–Crippen LogP) is 2.93. The zero-order valence-electron chi connectivity index (χ0n) is 10.3. The summed E-state index contributed by atoms with van der Waals surface area (Å²) in [6, 6.07) is 4.46. The molecule has 1 aliphatic rings. The smallest absolute Gasteiger partial charge is 0.270 e. The first-order valence-corrected chi connectivity index (χ1v) is 7.74. The molecule has 19 heavy (non-hydrogen) atoms. The van der Waals surface area contributed by atoms with E-state index in [4.69, 9.17) is 0 Å². The van der Waals surface area contributed by atoms with Crippen molar-refractivity contribution in [3.8, 4) is 0 Å². The number of carbonyl (C=O) groups is 1. The Balaban J connectivity index is 2.26. The van der Waals surface area contributed by atoms with Crippen molar-refractivity contribution in [1.82, 2.24) is 4.90 Å². The molecule has 1 aromatic carbocycles. The maximum absolute atomic E-state index is 12.4. The lowest BCUT2D eigenvalue weighted by atomic mass is 10.1. The highest BCUT2D eigenvalue weighted by Crippen LogP contribution is 2.27. The largest absolute Gasteiger partial charge is 0.338 e. The topological polar surface area (TPSA) is 63.5 Å². The van der Waals surface area contributed by atoms with Crippen molar-refractivity contribution in [3.05, 3.63) is 38.3 Å². The third-order valence-corrected chi connectivity index (χ3v) is 5.00. The molecule has 102 valence electrons. The summed E-state index contributed by atoms with van der Waals surface area (Å²) in [4.78, 5) is 24.4. The number of benzene rings is 1. The van der Waals surface area contributed by atoms with Gasteiger partial charge in [-0.1, -0.05) is 0 Å². The van der Waals surface area contributed by atoms with Crippen LogP contribution in [-0.4, -0.2) is 40.3 Å². The Morgan fingerprint density at radius 1 is 1.58 bits per heavy atom. The Kier molecular flexibility index (Phi) is 4.46. The van der Waals surface area contributed by atoms with Crippen LogP contribution in [0.15, 0.2) is 22.7 Å². The number of hydrogen-bond acceptors (Lipinski definition) is 4. The average Bonchev–Trinajstić information content (AvgIpc) is 2.91. The van der Waals surface area contributed by atoms with Crippen LogP contribution in [0, 0.1) is 10.1 Å². The highest BCUT2D eigenvalue weighted by molar-refractivity contribution is 9.10. The van der Waals surface area contributed by atoms with E-state index in [0.29, 0.717) is 10.0 Å². The summed E-state index contributed by atoms with van der Waals surface area (Å²) >= 11 is 5.10. The highest BCUT2D eigenvalue weighted by atomic mass is 79.9. The molecule has 0 aromatic heterocycles. The van der Waals surface area contributed by atoms with Crippen LogP contribution >= 0.6 is 27.7 Å². The molecule has 1 saturated heterocycles. The van der Waals surface area contributed by atoms with Crippen LogP contribution in [0.25, 0.3) is 0 Å². The first-order valence-electron chi connectivity index (χ1n) is 5.79. The third-order valence-electron chi connectivity index (χ3n) is 3.16. The average molecular weight is 345 g/mol. The van der Waals surface area contributed by atoms with E-state index >= 15 is 0 Å². The molecule has 0 radical (unpaired) electrons. The van der Waals surface area contributed by atoms with Crippen molar-refractivity contribution in [2.75, 3.05) is 18.6 Å². The van der Waals surface area contributed by atoms with E-state index in [-0.39, 0.29) is 17.6 Å². The maximum Gasteiger partial charge on any atom is 0.270 e. The molecule has 1 amide bonds. The number of halogens is 1. The number of rotatable bonds is 3. The van der Waals surface area contributed by atoms with Crippen LogP contribution in [0.4, 0.5) is 5.69 Å². The summed E-state index contributed by atoms with van der Waals surface area (Å²) in [7, 11) is 1.75. The van der Waals surface area contributed by atoms with Crippen LogP contribution in [0.2, 0.25) is 0 Å². The Bertz CT molecular complexity index is 518. The van der Waals surface area contributed by atoms with Crippen LogP contribution < -0.4 is 0 Å². The van der Waals surface area contributed by atoms with Gasteiger partial charge in [0.2, 0.25) is 0 Å². The number of nitrogens with zero attached hydrogens (tertiary/aromatic N) is 2. The lowest BCUT2D eigenvalue weighted by molar-refractivity contribution is -0.384. The molecular formula is C12H13BrN2O3S. The zero-order chi connectivity index (χ0) is 14.0. The summed E-state index contributed by atoms with van der Waals surface area (Å²) in [6.45, 7) is 0. The molecule has 1 fully saturated rings. The van der Waals surface area contributed by atoms with Gasteiger partial charge < -0.3 is 4.90 Å². The zero-order valence-corrected chi connectivity index (χ0v) is 12.7. The quantitative estimate of drug-likeness (QED) is 0.624. The van der Waals surface area contributed by atoms with Gasteiger partial charge in [-0.2, -0.15) is 11.8 Å². The van der Waals surface area contributed by atoms with Gasteiger partial charge in [-0.05, 0) is 34.2 Å². The molecule has 1 atom stereocenters. The first-order chi connectivity index (χ1) is 9.00. The molecule has 2 rings (SSSR count). The summed E-state index contributed by atoms with van der Waals surface area (Å²) in [5, 5.41) is 10.8. The fourth-order valence-electron chi connectivity index (χ4n) is 1.97. The van der Waals surface area contributed by atoms with Crippen molar-refractivity contribution in [2.24, 2.45) is 0 Å². The summed E-state index contributed by atoms with van der Waals surface area (Å²) in [6.07, 6.45) is 0.972. The predicted molar refractivity (Wildman–Crippen MR) is 78.6 cm³/mol. The number of carbonyl (C=O) groups excluding carboxylic acids is 1. The number of nitro benzene ring substituents is 1. The second-order valence-electron chi connectivity index (χ2n) is 4.35. The van der Waals surface area contributed by atoms with Crippen molar-refractivity contribution in [1.29, 1.82) is 0 Å². The Labute approximate surface area is 123 Å². The molecule has 0 saturated carbocycles. The van der Waals surface area contributed by atoms with Crippen LogP contribution in [0.3, 0.4) is 0 Å². The van der Waals surface area contributed by atoms with Gasteiger partial charge >= 0.3 is 0 Å². The lowest BCUT2D eigenvalue weighted by Gasteiger charge is -2.24.